The minimum atomic E-state index is -4.10. The number of likely N-dealkylation sites (N-methyl/N-ethyl adjacent to an activating group) is 1. The first-order valence-electron chi connectivity index (χ1n) is 10.3. The molecule has 2 aromatic carbocycles. The van der Waals surface area contributed by atoms with Gasteiger partial charge in [-0.3, -0.25) is 4.79 Å². The summed E-state index contributed by atoms with van der Waals surface area (Å²) in [4.78, 5) is 14.1. The van der Waals surface area contributed by atoms with E-state index < -0.39 is 31.9 Å². The van der Waals surface area contributed by atoms with E-state index in [0.717, 1.165) is 17.2 Å². The number of anilines is 1. The highest BCUT2D eigenvalue weighted by Gasteiger charge is 2.42. The van der Waals surface area contributed by atoms with Gasteiger partial charge < -0.3 is 9.64 Å². The molecule has 1 aliphatic heterocycles. The van der Waals surface area contributed by atoms with E-state index in [4.69, 9.17) is 4.74 Å². The summed E-state index contributed by atoms with van der Waals surface area (Å²) >= 11 is 0. The first-order chi connectivity index (χ1) is 15.4. The maximum Gasteiger partial charge on any atom is 0.244 e. The molecule has 1 heterocycles. The van der Waals surface area contributed by atoms with Crippen LogP contribution < -0.4 is 13.8 Å². The lowest BCUT2D eigenvalue weighted by molar-refractivity contribution is -0.119. The SMILES string of the molecule is COc1ccc(N2C(=O)C(C)CS2(=O)=O)cc1S(=O)(=O)NCC(c1ccc(C)cc1)N(C)C. The summed E-state index contributed by atoms with van der Waals surface area (Å²) in [6.45, 7) is 3.57. The summed E-state index contributed by atoms with van der Waals surface area (Å²) in [5.41, 5.74) is 2.00. The second-order valence-electron chi connectivity index (χ2n) is 8.36. The highest BCUT2D eigenvalue weighted by molar-refractivity contribution is 7.94. The zero-order chi connectivity index (χ0) is 24.6. The van der Waals surface area contributed by atoms with E-state index in [2.05, 4.69) is 4.72 Å². The van der Waals surface area contributed by atoms with Gasteiger partial charge in [0, 0.05) is 12.6 Å². The highest BCUT2D eigenvalue weighted by atomic mass is 32.2. The molecule has 2 atom stereocenters. The van der Waals surface area contributed by atoms with Gasteiger partial charge in [-0.1, -0.05) is 36.8 Å². The minimum Gasteiger partial charge on any atom is -0.495 e. The lowest BCUT2D eigenvalue weighted by atomic mass is 10.0. The van der Waals surface area contributed by atoms with E-state index in [1.165, 1.54) is 26.2 Å². The molecule has 1 amide bonds. The van der Waals surface area contributed by atoms with Crippen LogP contribution in [0.3, 0.4) is 0 Å². The van der Waals surface area contributed by atoms with Gasteiger partial charge in [-0.05, 0) is 44.8 Å². The minimum absolute atomic E-state index is 0.0341. The normalized spacial score (nSPS) is 19.2. The molecule has 180 valence electrons. The molecule has 1 N–H and O–H groups in total. The van der Waals surface area contributed by atoms with E-state index in [0.29, 0.717) is 4.31 Å². The number of nitrogens with zero attached hydrogens (tertiary/aromatic N) is 2. The van der Waals surface area contributed by atoms with Gasteiger partial charge in [0.15, 0.2) is 0 Å². The van der Waals surface area contributed by atoms with Crippen LogP contribution >= 0.6 is 0 Å². The number of hydrogen-bond acceptors (Lipinski definition) is 7. The van der Waals surface area contributed by atoms with Crippen molar-refractivity contribution in [3.8, 4) is 5.75 Å². The highest BCUT2D eigenvalue weighted by Crippen LogP contribution is 2.34. The Labute approximate surface area is 195 Å². The monoisotopic (exact) mass is 495 g/mol. The van der Waals surface area contributed by atoms with Crippen LogP contribution in [0.1, 0.15) is 24.1 Å². The van der Waals surface area contributed by atoms with Gasteiger partial charge in [0.2, 0.25) is 26.0 Å². The van der Waals surface area contributed by atoms with Crippen LogP contribution in [0, 0.1) is 12.8 Å². The number of carbonyl (C=O) groups is 1. The molecule has 0 bridgehead atoms. The van der Waals surface area contributed by atoms with Crippen molar-refractivity contribution >= 4 is 31.6 Å². The van der Waals surface area contributed by atoms with Crippen molar-refractivity contribution in [2.75, 3.05) is 37.8 Å². The molecule has 0 aromatic heterocycles. The molecule has 0 radical (unpaired) electrons. The second-order valence-corrected chi connectivity index (χ2v) is 12.0. The number of aryl methyl sites for hydroxylation is 1. The predicted octanol–water partition coefficient (Wildman–Crippen LogP) is 1.90. The van der Waals surface area contributed by atoms with Crippen molar-refractivity contribution in [2.45, 2.75) is 24.8 Å². The number of benzene rings is 2. The Morgan fingerprint density at radius 3 is 2.33 bits per heavy atom. The molecule has 1 aliphatic rings. The molecule has 3 rings (SSSR count). The van der Waals surface area contributed by atoms with Gasteiger partial charge >= 0.3 is 0 Å². The number of rotatable bonds is 8. The Morgan fingerprint density at radius 2 is 1.82 bits per heavy atom. The maximum atomic E-state index is 13.2. The standard InChI is InChI=1S/C22H29N3O6S2/c1-15-6-8-17(9-7-15)19(24(3)4)13-23-33(29,30)21-12-18(10-11-20(21)31-5)25-22(26)16(2)14-32(25,27)28/h6-12,16,19,23H,13-14H2,1-5H3. The van der Waals surface area contributed by atoms with Crippen LogP contribution in [0.2, 0.25) is 0 Å². The predicted molar refractivity (Wildman–Crippen MR) is 126 cm³/mol. The molecule has 33 heavy (non-hydrogen) atoms. The molecule has 2 unspecified atom stereocenters. The molecule has 1 fully saturated rings. The number of hydrogen-bond donors (Lipinski definition) is 1. The molecule has 2 aromatic rings. The van der Waals surface area contributed by atoms with Gasteiger partial charge in [0.25, 0.3) is 0 Å². The fraction of sp³-hybridized carbons (Fsp3) is 0.409. The number of amides is 1. The summed E-state index contributed by atoms with van der Waals surface area (Å²) in [5, 5.41) is 0. The molecular formula is C22H29N3O6S2. The summed E-state index contributed by atoms with van der Waals surface area (Å²) < 4.78 is 59.9. The van der Waals surface area contributed by atoms with E-state index in [-0.39, 0.29) is 34.7 Å². The Bertz CT molecular complexity index is 1240. The molecule has 0 aliphatic carbocycles. The van der Waals surface area contributed by atoms with E-state index >= 15 is 0 Å². The lowest BCUT2D eigenvalue weighted by Crippen LogP contribution is -2.35. The first-order valence-corrected chi connectivity index (χ1v) is 13.4. The van der Waals surface area contributed by atoms with Gasteiger partial charge in [0.05, 0.1) is 24.5 Å². The summed E-state index contributed by atoms with van der Waals surface area (Å²) in [6, 6.07) is 11.4. The molecule has 0 spiro atoms. The largest absolute Gasteiger partial charge is 0.495 e. The Morgan fingerprint density at radius 1 is 1.18 bits per heavy atom. The molecule has 11 heteroatoms. The Kier molecular flexibility index (Phi) is 7.18. The fourth-order valence-corrected chi connectivity index (χ4v) is 6.78. The number of sulfonamides is 2. The van der Waals surface area contributed by atoms with E-state index in [1.54, 1.807) is 0 Å². The lowest BCUT2D eigenvalue weighted by Gasteiger charge is -2.25. The third-order valence-electron chi connectivity index (χ3n) is 5.58. The second kappa shape index (κ2) is 9.41. The number of nitrogens with one attached hydrogen (secondary N) is 1. The average Bonchev–Trinajstić information content (AvgIpc) is 2.95. The van der Waals surface area contributed by atoms with Crippen molar-refractivity contribution in [1.82, 2.24) is 9.62 Å². The molecular weight excluding hydrogens is 466 g/mol. The van der Waals surface area contributed by atoms with Crippen molar-refractivity contribution in [1.29, 1.82) is 0 Å². The number of carbonyl (C=O) groups excluding carboxylic acids is 1. The van der Waals surface area contributed by atoms with Crippen molar-refractivity contribution in [3.63, 3.8) is 0 Å². The van der Waals surface area contributed by atoms with Gasteiger partial charge in [-0.15, -0.1) is 0 Å². The summed E-state index contributed by atoms with van der Waals surface area (Å²) in [7, 11) is -2.95. The smallest absolute Gasteiger partial charge is 0.244 e. The van der Waals surface area contributed by atoms with E-state index in [1.807, 2.05) is 50.2 Å². The molecule has 1 saturated heterocycles. The van der Waals surface area contributed by atoms with Crippen LogP contribution in [0.5, 0.6) is 5.75 Å². The third kappa shape index (κ3) is 5.21. The van der Waals surface area contributed by atoms with Crippen LogP contribution in [0.15, 0.2) is 47.4 Å². The first kappa shape index (κ1) is 25.2. The van der Waals surface area contributed by atoms with Crippen molar-refractivity contribution < 1.29 is 26.4 Å². The van der Waals surface area contributed by atoms with Crippen LogP contribution in [-0.2, 0) is 24.8 Å². The number of ether oxygens (including phenoxy) is 1. The maximum absolute atomic E-state index is 13.2. The zero-order valence-electron chi connectivity index (χ0n) is 19.3. The zero-order valence-corrected chi connectivity index (χ0v) is 20.9. The van der Waals surface area contributed by atoms with Gasteiger partial charge in [0.1, 0.15) is 10.6 Å². The fourth-order valence-electron chi connectivity index (χ4n) is 3.74. The van der Waals surface area contributed by atoms with Crippen molar-refractivity contribution in [2.24, 2.45) is 5.92 Å². The third-order valence-corrected chi connectivity index (χ3v) is 8.90. The van der Waals surface area contributed by atoms with Crippen LogP contribution in [-0.4, -0.2) is 61.1 Å². The quantitative estimate of drug-likeness (QED) is 0.595. The molecule has 0 saturated carbocycles. The van der Waals surface area contributed by atoms with Crippen LogP contribution in [0.4, 0.5) is 5.69 Å². The molecule has 9 nitrogen and oxygen atoms in total. The summed E-state index contributed by atoms with van der Waals surface area (Å²) in [5.74, 6) is -1.58. The average molecular weight is 496 g/mol. The van der Waals surface area contributed by atoms with Gasteiger partial charge in [-0.25, -0.2) is 25.9 Å². The van der Waals surface area contributed by atoms with E-state index in [9.17, 15) is 21.6 Å². The van der Waals surface area contributed by atoms with Gasteiger partial charge in [-0.2, -0.15) is 0 Å². The Hall–Kier alpha value is -2.47. The van der Waals surface area contributed by atoms with Crippen molar-refractivity contribution in [3.05, 3.63) is 53.6 Å². The van der Waals surface area contributed by atoms with Crippen LogP contribution in [0.25, 0.3) is 0 Å². The Balaban J connectivity index is 1.94. The number of methoxy groups -OCH3 is 1. The summed E-state index contributed by atoms with van der Waals surface area (Å²) in [6.07, 6.45) is 0. The topological polar surface area (TPSA) is 113 Å².